The predicted molar refractivity (Wildman–Crippen MR) is 303 cm³/mol. The molecule has 0 aliphatic rings. The van der Waals surface area contributed by atoms with E-state index in [1.165, 1.54) is 13.2 Å². The van der Waals surface area contributed by atoms with Crippen molar-refractivity contribution in [2.24, 2.45) is 0 Å². The number of hydrogen-bond donors (Lipinski definition) is 0. The van der Waals surface area contributed by atoms with Crippen molar-refractivity contribution in [1.29, 1.82) is 0 Å². The quantitative estimate of drug-likeness (QED) is 0.0784. The molecule has 79 heavy (non-hydrogen) atoms. The summed E-state index contributed by atoms with van der Waals surface area (Å²) in [4.78, 5) is 39.2. The molecule has 12 aromatic rings. The molecule has 0 saturated heterocycles. The van der Waals surface area contributed by atoms with Crippen molar-refractivity contribution in [3.05, 3.63) is 201 Å². The van der Waals surface area contributed by atoms with Gasteiger partial charge in [0.05, 0.1) is 82.7 Å². The largest absolute Gasteiger partial charge is 0.497 e. The second-order valence-corrected chi connectivity index (χ2v) is 19.3. The van der Waals surface area contributed by atoms with Gasteiger partial charge in [-0.25, -0.2) is 39.1 Å². The van der Waals surface area contributed by atoms with Crippen LogP contribution in [0, 0.1) is 5.82 Å². The maximum atomic E-state index is 14.0. The molecular formula is C57H44Cl3FN12O5S. The number of carbonyl (C=O) groups is 1. The van der Waals surface area contributed by atoms with Crippen molar-refractivity contribution in [3.8, 4) is 50.7 Å². The lowest BCUT2D eigenvalue weighted by Gasteiger charge is -2.04. The number of hydrogen-bond acceptors (Lipinski definition) is 15. The van der Waals surface area contributed by atoms with Gasteiger partial charge in [0, 0.05) is 5.56 Å². The van der Waals surface area contributed by atoms with Crippen LogP contribution in [0.5, 0.6) is 17.2 Å². The molecule has 7 aromatic heterocycles. The summed E-state index contributed by atoms with van der Waals surface area (Å²) < 4.78 is 39.6. The number of nitrogens with zero attached hydrogens (tertiary/aromatic N) is 12. The molecule has 0 radical (unpaired) electrons. The molecule has 0 unspecified atom stereocenters. The van der Waals surface area contributed by atoms with Crippen LogP contribution >= 0.6 is 46.1 Å². The van der Waals surface area contributed by atoms with Crippen molar-refractivity contribution in [1.82, 2.24) is 59.2 Å². The normalized spacial score (nSPS) is 11.0. The van der Waals surface area contributed by atoms with Crippen LogP contribution in [0.15, 0.2) is 157 Å². The maximum absolute atomic E-state index is 14.0. The summed E-state index contributed by atoms with van der Waals surface area (Å²) in [6, 6.07) is 40.5. The van der Waals surface area contributed by atoms with E-state index in [0.29, 0.717) is 80.7 Å². The lowest BCUT2D eigenvalue weighted by Crippen LogP contribution is -2.01. The molecular weight excluding hydrogens is 1090 g/mol. The molecule has 0 amide bonds. The van der Waals surface area contributed by atoms with Gasteiger partial charge in [-0.15, -0.1) is 11.3 Å². The standard InChI is InChI=1S/C21H17ClN4O3.C19H14ClFN4O.C17H13ClN4OS/c1-28-16-8-6-13(7-9-16)11-26-12-17-18(25-26)19(22)24-20(23-17)14-4-3-5-15(10-14)21(27)29-2;1-26-13-8-6-12(7-9-13)10-25-11-16-17(24-25)18(20)23-19(22-16)14-4-2-3-5-15(14)21;1-23-12-6-4-11(5-7-12)9-22-10-13-15(21-22)16(18)20-17(19-13)14-3-2-8-24-14/h3-10,12H,11H2,1-2H3;2-9,11H,10H2,1H3;2-8,10H,9H2,1H3. The van der Waals surface area contributed by atoms with Gasteiger partial charge in [0.25, 0.3) is 0 Å². The zero-order valence-corrected chi connectivity index (χ0v) is 45.5. The van der Waals surface area contributed by atoms with Crippen molar-refractivity contribution < 1.29 is 28.1 Å². The number of carbonyl (C=O) groups excluding carboxylic acids is 1. The summed E-state index contributed by atoms with van der Waals surface area (Å²) in [5.41, 5.74) is 8.18. The highest BCUT2D eigenvalue weighted by atomic mass is 35.5. The zero-order chi connectivity index (χ0) is 55.0. The van der Waals surface area contributed by atoms with Crippen molar-refractivity contribution in [2.45, 2.75) is 19.6 Å². The van der Waals surface area contributed by atoms with E-state index in [1.807, 2.05) is 113 Å². The van der Waals surface area contributed by atoms with E-state index in [2.05, 4.69) is 45.2 Å². The molecule has 0 fully saturated rings. The molecule has 0 aliphatic heterocycles. The van der Waals surface area contributed by atoms with E-state index < -0.39 is 11.8 Å². The Bertz CT molecular complexity index is 4090. The molecule has 22 heteroatoms. The molecule has 5 aromatic carbocycles. The Kier molecular flexibility index (Phi) is 16.4. The molecule has 0 spiro atoms. The maximum Gasteiger partial charge on any atom is 0.337 e. The molecule has 0 saturated carbocycles. The summed E-state index contributed by atoms with van der Waals surface area (Å²) in [6.07, 6.45) is 5.49. The van der Waals surface area contributed by atoms with E-state index in [1.54, 1.807) is 84.6 Å². The number of benzene rings is 5. The molecule has 12 rings (SSSR count). The van der Waals surface area contributed by atoms with Crippen LogP contribution in [0.1, 0.15) is 27.0 Å². The second kappa shape index (κ2) is 24.2. The molecule has 0 aliphatic carbocycles. The Hall–Kier alpha value is -8.88. The Morgan fingerprint density at radius 1 is 0.506 bits per heavy atom. The minimum absolute atomic E-state index is 0.196. The van der Waals surface area contributed by atoms with Crippen LogP contribution in [0.3, 0.4) is 0 Å². The fourth-order valence-corrected chi connectivity index (χ4v) is 9.38. The van der Waals surface area contributed by atoms with Crippen LogP contribution in [-0.2, 0) is 24.4 Å². The number of thiophene rings is 1. The topological polar surface area (TPSA) is 185 Å². The Morgan fingerprint density at radius 2 is 0.949 bits per heavy atom. The third-order valence-corrected chi connectivity index (χ3v) is 13.7. The van der Waals surface area contributed by atoms with Crippen LogP contribution in [0.2, 0.25) is 15.5 Å². The van der Waals surface area contributed by atoms with E-state index in [9.17, 15) is 9.18 Å². The lowest BCUT2D eigenvalue weighted by molar-refractivity contribution is 0.0600. The first-order valence-electron chi connectivity index (χ1n) is 24.0. The predicted octanol–water partition coefficient (Wildman–Crippen LogP) is 12.6. The van der Waals surface area contributed by atoms with Gasteiger partial charge in [0.1, 0.15) is 56.2 Å². The third kappa shape index (κ3) is 12.6. The number of rotatable bonds is 13. The first kappa shape index (κ1) is 53.5. The zero-order valence-electron chi connectivity index (χ0n) is 42.5. The minimum Gasteiger partial charge on any atom is -0.497 e. The number of aromatic nitrogens is 12. The highest BCUT2D eigenvalue weighted by Crippen LogP contribution is 2.29. The molecule has 0 atom stereocenters. The van der Waals surface area contributed by atoms with Gasteiger partial charge in [-0.05, 0) is 88.8 Å². The van der Waals surface area contributed by atoms with Crippen LogP contribution < -0.4 is 14.2 Å². The fraction of sp³-hybridized carbons (Fsp3) is 0.123. The number of halogens is 4. The summed E-state index contributed by atoms with van der Waals surface area (Å²) in [5, 5.41) is 16.3. The molecule has 17 nitrogen and oxygen atoms in total. The Morgan fingerprint density at radius 3 is 1.39 bits per heavy atom. The minimum atomic E-state index is -0.425. The Labute approximate surface area is 469 Å². The average Bonchev–Trinajstić information content (AvgIpc) is 4.37. The van der Waals surface area contributed by atoms with Gasteiger partial charge in [0.2, 0.25) is 0 Å². The third-order valence-electron chi connectivity index (χ3n) is 12.0. The van der Waals surface area contributed by atoms with Crippen molar-refractivity contribution >= 4 is 85.2 Å². The smallest absolute Gasteiger partial charge is 0.337 e. The molecule has 0 bridgehead atoms. The van der Waals surface area contributed by atoms with Crippen molar-refractivity contribution in [2.75, 3.05) is 28.4 Å². The molecule has 0 N–H and O–H groups in total. The monoisotopic (exact) mass is 1130 g/mol. The van der Waals surface area contributed by atoms with Crippen LogP contribution in [0.25, 0.3) is 66.6 Å². The van der Waals surface area contributed by atoms with E-state index in [0.717, 1.165) is 44.3 Å². The molecule has 396 valence electrons. The van der Waals surface area contributed by atoms with E-state index in [4.69, 9.17) is 53.8 Å². The van der Waals surface area contributed by atoms with Gasteiger partial charge < -0.3 is 18.9 Å². The SMILES string of the molecule is COC(=O)c1cccc(-c2nc(Cl)c3nn(Cc4ccc(OC)cc4)cc3n2)c1.COc1ccc(Cn2cc3nc(-c4ccccc4F)nc(Cl)c3n2)cc1.COc1ccc(Cn2cc3nc(-c4cccs4)nc(Cl)c3n2)cc1. The summed E-state index contributed by atoms with van der Waals surface area (Å²) in [7, 11) is 6.25. The first-order chi connectivity index (χ1) is 38.4. The molecule has 7 heterocycles. The number of esters is 1. The van der Waals surface area contributed by atoms with Gasteiger partial charge in [-0.1, -0.05) is 102 Å². The van der Waals surface area contributed by atoms with Gasteiger partial charge >= 0.3 is 5.97 Å². The average molecular weight is 1130 g/mol. The number of methoxy groups -OCH3 is 4. The van der Waals surface area contributed by atoms with Gasteiger partial charge in [0.15, 0.2) is 32.9 Å². The highest BCUT2D eigenvalue weighted by molar-refractivity contribution is 7.13. The summed E-state index contributed by atoms with van der Waals surface area (Å²) in [5.74, 6) is 2.89. The first-order valence-corrected chi connectivity index (χ1v) is 26.0. The van der Waals surface area contributed by atoms with Gasteiger partial charge in [-0.2, -0.15) is 15.3 Å². The second-order valence-electron chi connectivity index (χ2n) is 17.3. The van der Waals surface area contributed by atoms with E-state index >= 15 is 0 Å². The Balaban J connectivity index is 0.000000134. The van der Waals surface area contributed by atoms with Gasteiger partial charge in [-0.3, -0.25) is 14.0 Å². The number of ether oxygens (including phenoxy) is 4. The summed E-state index contributed by atoms with van der Waals surface area (Å²) >= 11 is 20.5. The van der Waals surface area contributed by atoms with E-state index in [-0.39, 0.29) is 16.1 Å². The highest BCUT2D eigenvalue weighted by Gasteiger charge is 2.17. The van der Waals surface area contributed by atoms with Crippen LogP contribution in [0.4, 0.5) is 4.39 Å². The summed E-state index contributed by atoms with van der Waals surface area (Å²) in [6.45, 7) is 1.74. The van der Waals surface area contributed by atoms with Crippen molar-refractivity contribution in [3.63, 3.8) is 0 Å². The lowest BCUT2D eigenvalue weighted by atomic mass is 10.1. The fourth-order valence-electron chi connectivity index (χ4n) is 8.08. The number of fused-ring (bicyclic) bond motifs is 3. The van der Waals surface area contributed by atoms with Crippen LogP contribution in [-0.4, -0.2) is 93.7 Å².